The zero-order valence-corrected chi connectivity index (χ0v) is 14.1. The summed E-state index contributed by atoms with van der Waals surface area (Å²) in [6, 6.07) is -0.998. The minimum Gasteiger partial charge on any atom is -0.481 e. The van der Waals surface area contributed by atoms with Gasteiger partial charge in [-0.3, -0.25) is 28.8 Å². The fourth-order valence-electron chi connectivity index (χ4n) is 1.52. The average Bonchev–Trinajstić information content (AvgIpc) is 2.58. The van der Waals surface area contributed by atoms with E-state index in [9.17, 15) is 28.8 Å². The summed E-state index contributed by atoms with van der Waals surface area (Å²) in [5, 5.41) is 19.9. The first-order valence-electron chi connectivity index (χ1n) is 7.40. The molecular weight excluding hydrogens is 352 g/mol. The number of carboxylic acid groups (broad SMARTS) is 1. The lowest BCUT2D eigenvalue weighted by Crippen LogP contribution is -2.48. The monoisotopic (exact) mass is 374 g/mol. The summed E-state index contributed by atoms with van der Waals surface area (Å²) in [6.45, 7) is -1.66. The number of aliphatic carboxylic acids is 1. The number of rotatable bonds is 12. The lowest BCUT2D eigenvalue weighted by Gasteiger charge is -2.13. The van der Waals surface area contributed by atoms with Gasteiger partial charge >= 0.3 is 5.97 Å². The number of carboxylic acids is 1. The molecule has 13 nitrogen and oxygen atoms in total. The van der Waals surface area contributed by atoms with Crippen LogP contribution in [0.4, 0.5) is 0 Å². The molecule has 13 heteroatoms. The fourth-order valence-corrected chi connectivity index (χ4v) is 1.52. The SMILES string of the molecule is CNC(CC(=O)O)C(=O)NCC(=O)NCC(=O)NCC(=O)NCC(N)=O. The Morgan fingerprint density at radius 2 is 1.23 bits per heavy atom. The van der Waals surface area contributed by atoms with Crippen LogP contribution in [0.15, 0.2) is 0 Å². The predicted octanol–water partition coefficient (Wildman–Crippen LogP) is -5.00. The molecule has 0 aromatic heterocycles. The van der Waals surface area contributed by atoms with Crippen LogP contribution < -0.4 is 32.3 Å². The minimum absolute atomic E-state index is 0.360. The van der Waals surface area contributed by atoms with Gasteiger partial charge in [0.1, 0.15) is 0 Å². The topological polar surface area (TPSA) is 209 Å². The van der Waals surface area contributed by atoms with Gasteiger partial charge < -0.3 is 37.4 Å². The molecule has 0 aliphatic carbocycles. The number of nitrogens with two attached hydrogens (primary N) is 1. The minimum atomic E-state index is -1.18. The molecule has 0 heterocycles. The largest absolute Gasteiger partial charge is 0.481 e. The summed E-state index contributed by atoms with van der Waals surface area (Å²) >= 11 is 0. The average molecular weight is 374 g/mol. The molecule has 0 spiro atoms. The van der Waals surface area contributed by atoms with Gasteiger partial charge in [-0.15, -0.1) is 0 Å². The Morgan fingerprint density at radius 3 is 1.62 bits per heavy atom. The van der Waals surface area contributed by atoms with E-state index in [-0.39, 0.29) is 6.54 Å². The summed E-state index contributed by atoms with van der Waals surface area (Å²) in [5.41, 5.74) is 4.83. The molecule has 0 aromatic rings. The lowest BCUT2D eigenvalue weighted by molar-refractivity contribution is -0.140. The normalized spacial score (nSPS) is 11.0. The van der Waals surface area contributed by atoms with Crippen molar-refractivity contribution in [2.45, 2.75) is 12.5 Å². The van der Waals surface area contributed by atoms with Crippen molar-refractivity contribution in [2.24, 2.45) is 5.73 Å². The number of primary amides is 1. The highest BCUT2D eigenvalue weighted by molar-refractivity contribution is 5.92. The van der Waals surface area contributed by atoms with E-state index < -0.39 is 67.6 Å². The number of amides is 5. The quantitative estimate of drug-likeness (QED) is 0.175. The van der Waals surface area contributed by atoms with Crippen LogP contribution in [0.2, 0.25) is 0 Å². The maximum atomic E-state index is 11.7. The molecule has 0 saturated heterocycles. The van der Waals surface area contributed by atoms with E-state index in [1.165, 1.54) is 7.05 Å². The highest BCUT2D eigenvalue weighted by atomic mass is 16.4. The van der Waals surface area contributed by atoms with Gasteiger partial charge in [0.15, 0.2) is 0 Å². The van der Waals surface area contributed by atoms with Crippen LogP contribution in [-0.2, 0) is 28.8 Å². The maximum Gasteiger partial charge on any atom is 0.305 e. The van der Waals surface area contributed by atoms with E-state index in [0.29, 0.717) is 0 Å². The molecule has 0 bridgehead atoms. The lowest BCUT2D eigenvalue weighted by atomic mass is 10.2. The molecular formula is C13H22N6O7. The van der Waals surface area contributed by atoms with Crippen molar-refractivity contribution in [1.82, 2.24) is 26.6 Å². The third-order valence-electron chi connectivity index (χ3n) is 2.82. The van der Waals surface area contributed by atoms with Crippen molar-refractivity contribution in [1.29, 1.82) is 0 Å². The molecule has 0 fully saturated rings. The molecule has 0 rings (SSSR count). The third-order valence-corrected chi connectivity index (χ3v) is 2.82. The smallest absolute Gasteiger partial charge is 0.305 e. The summed E-state index contributed by atoms with van der Waals surface area (Å²) < 4.78 is 0. The molecule has 1 unspecified atom stereocenters. The molecule has 0 saturated carbocycles. The first-order chi connectivity index (χ1) is 12.1. The van der Waals surface area contributed by atoms with Crippen molar-refractivity contribution in [3.05, 3.63) is 0 Å². The van der Waals surface area contributed by atoms with E-state index >= 15 is 0 Å². The number of nitrogens with one attached hydrogen (secondary N) is 5. The van der Waals surface area contributed by atoms with E-state index in [1.54, 1.807) is 0 Å². The van der Waals surface area contributed by atoms with E-state index in [4.69, 9.17) is 10.8 Å². The van der Waals surface area contributed by atoms with Crippen LogP contribution in [0.5, 0.6) is 0 Å². The zero-order chi connectivity index (χ0) is 20.1. The molecule has 26 heavy (non-hydrogen) atoms. The number of hydrogen-bond acceptors (Lipinski definition) is 7. The van der Waals surface area contributed by atoms with Crippen LogP contribution in [0, 0.1) is 0 Å². The fraction of sp³-hybridized carbons (Fsp3) is 0.538. The van der Waals surface area contributed by atoms with Crippen molar-refractivity contribution >= 4 is 35.5 Å². The van der Waals surface area contributed by atoms with Gasteiger partial charge in [-0.1, -0.05) is 0 Å². The van der Waals surface area contributed by atoms with Crippen LogP contribution >= 0.6 is 0 Å². The van der Waals surface area contributed by atoms with E-state index in [0.717, 1.165) is 0 Å². The van der Waals surface area contributed by atoms with Crippen molar-refractivity contribution in [3.8, 4) is 0 Å². The van der Waals surface area contributed by atoms with Gasteiger partial charge in [0, 0.05) is 0 Å². The van der Waals surface area contributed by atoms with E-state index in [1.807, 2.05) is 0 Å². The van der Waals surface area contributed by atoms with Crippen molar-refractivity contribution in [3.63, 3.8) is 0 Å². The molecule has 0 aromatic carbocycles. The van der Waals surface area contributed by atoms with Gasteiger partial charge in [0.25, 0.3) is 0 Å². The second-order valence-electron chi connectivity index (χ2n) is 4.95. The second-order valence-corrected chi connectivity index (χ2v) is 4.95. The Morgan fingerprint density at radius 1 is 0.808 bits per heavy atom. The summed E-state index contributed by atoms with van der Waals surface area (Å²) in [4.78, 5) is 66.9. The number of hydrogen-bond donors (Lipinski definition) is 7. The Kier molecular flexibility index (Phi) is 10.7. The Bertz CT molecular complexity index is 565. The number of carbonyl (C=O) groups excluding carboxylic acids is 5. The van der Waals surface area contributed by atoms with Gasteiger partial charge in [-0.2, -0.15) is 0 Å². The molecule has 0 aliphatic heterocycles. The number of likely N-dealkylation sites (N-methyl/N-ethyl adjacent to an activating group) is 1. The van der Waals surface area contributed by atoms with Crippen molar-refractivity contribution in [2.75, 3.05) is 33.2 Å². The molecule has 5 amide bonds. The van der Waals surface area contributed by atoms with Crippen LogP contribution in [0.1, 0.15) is 6.42 Å². The third kappa shape index (κ3) is 11.3. The highest BCUT2D eigenvalue weighted by Crippen LogP contribution is 1.91. The van der Waals surface area contributed by atoms with Crippen LogP contribution in [0.3, 0.4) is 0 Å². The molecule has 0 radical (unpaired) electrons. The van der Waals surface area contributed by atoms with Gasteiger partial charge in [0.2, 0.25) is 29.5 Å². The Balaban J connectivity index is 4.01. The predicted molar refractivity (Wildman–Crippen MR) is 86.3 cm³/mol. The summed E-state index contributed by atoms with van der Waals surface area (Å²) in [5.74, 6) is -4.58. The van der Waals surface area contributed by atoms with Gasteiger partial charge in [0.05, 0.1) is 38.6 Å². The van der Waals surface area contributed by atoms with E-state index in [2.05, 4.69) is 26.6 Å². The highest BCUT2D eigenvalue weighted by Gasteiger charge is 2.20. The molecule has 1 atom stereocenters. The molecule has 146 valence electrons. The summed E-state index contributed by atoms with van der Waals surface area (Å²) in [7, 11) is 1.40. The van der Waals surface area contributed by atoms with Crippen LogP contribution in [0.25, 0.3) is 0 Å². The standard InChI is InChI=1S/C13H22N6O7/c1-15-7(2-12(24)25)13(26)19-6-11(23)18-5-10(22)17-4-9(21)16-3-8(14)20/h7,15H,2-6H2,1H3,(H2,14,20)(H,16,21)(H,17,22)(H,18,23)(H,19,26)(H,24,25). The maximum absolute atomic E-state index is 11.7. The first-order valence-corrected chi connectivity index (χ1v) is 7.40. The zero-order valence-electron chi connectivity index (χ0n) is 14.1. The Hall–Kier alpha value is -3.22. The van der Waals surface area contributed by atoms with Gasteiger partial charge in [-0.05, 0) is 7.05 Å². The van der Waals surface area contributed by atoms with Crippen LogP contribution in [-0.4, -0.2) is 79.9 Å². The summed E-state index contributed by atoms with van der Waals surface area (Å²) in [6.07, 6.45) is -0.454. The van der Waals surface area contributed by atoms with Crippen molar-refractivity contribution < 1.29 is 33.9 Å². The Labute approximate surface area is 148 Å². The first kappa shape index (κ1) is 22.8. The second kappa shape index (κ2) is 12.2. The molecule has 8 N–H and O–H groups in total. The number of carbonyl (C=O) groups is 6. The molecule has 0 aliphatic rings. The van der Waals surface area contributed by atoms with Gasteiger partial charge in [-0.25, -0.2) is 0 Å².